The first kappa shape index (κ1) is 29.8. The molecule has 0 aliphatic carbocycles. The smallest absolute Gasteiger partial charge is 0.0229 e. The molecule has 4 aliphatic heterocycles. The SMILES string of the molecule is C(CSCC1CS1)SCC(CSCC1CS1)SCC(CSCC1CS1)SCCSCC1CS1. The second kappa shape index (κ2) is 18.2. The van der Waals surface area contributed by atoms with Gasteiger partial charge in [-0.05, 0) is 0 Å². The van der Waals surface area contributed by atoms with Crippen LogP contribution in [0.2, 0.25) is 0 Å². The molecule has 192 valence electrons. The van der Waals surface area contributed by atoms with Crippen molar-refractivity contribution in [3.05, 3.63) is 0 Å². The normalized spacial score (nSPS) is 29.1. The first-order valence-corrected chi connectivity index (χ1v) is 24.0. The van der Waals surface area contributed by atoms with Crippen molar-refractivity contribution in [2.45, 2.75) is 31.5 Å². The summed E-state index contributed by atoms with van der Waals surface area (Å²) in [5, 5.41) is 5.66. The lowest BCUT2D eigenvalue weighted by atomic mass is 10.5. The van der Waals surface area contributed by atoms with Crippen LogP contribution in [-0.2, 0) is 0 Å². The molecule has 0 spiro atoms. The summed E-state index contributed by atoms with van der Waals surface area (Å²) < 4.78 is 0. The second-order valence-electron chi connectivity index (χ2n) is 8.57. The van der Waals surface area contributed by atoms with E-state index in [0.717, 1.165) is 31.5 Å². The first-order valence-electron chi connectivity index (χ1n) is 11.9. The van der Waals surface area contributed by atoms with Gasteiger partial charge >= 0.3 is 0 Å². The zero-order chi connectivity index (χ0) is 22.6. The Bertz CT molecular complexity index is 509. The number of thioether (sulfide) groups is 11. The maximum atomic E-state index is 2.33. The molecule has 0 aromatic rings. The Morgan fingerprint density at radius 1 is 0.455 bits per heavy atom. The molecular weight excluding hydrogens is 617 g/mol. The van der Waals surface area contributed by atoms with E-state index in [2.05, 4.69) is 129 Å². The minimum atomic E-state index is 0.848. The van der Waals surface area contributed by atoms with Crippen LogP contribution in [0.5, 0.6) is 0 Å². The van der Waals surface area contributed by atoms with Gasteiger partial charge in [0, 0.05) is 124 Å². The maximum absolute atomic E-state index is 2.33. The Balaban J connectivity index is 1.10. The second-order valence-corrected chi connectivity index (χ2v) is 22.2. The van der Waals surface area contributed by atoms with Gasteiger partial charge in [-0.15, -0.1) is 0 Å². The zero-order valence-electron chi connectivity index (χ0n) is 19.3. The molecule has 0 N–H and O–H groups in total. The fourth-order valence-corrected chi connectivity index (χ4v) is 16.3. The van der Waals surface area contributed by atoms with Crippen LogP contribution in [-0.4, -0.2) is 124 Å². The third-order valence-corrected chi connectivity index (χ3v) is 19.9. The van der Waals surface area contributed by atoms with E-state index in [-0.39, 0.29) is 0 Å². The Kier molecular flexibility index (Phi) is 16.5. The summed E-state index contributed by atoms with van der Waals surface area (Å²) in [4.78, 5) is 0. The molecule has 33 heavy (non-hydrogen) atoms. The highest BCUT2D eigenvalue weighted by Crippen LogP contribution is 2.37. The van der Waals surface area contributed by atoms with Gasteiger partial charge in [0.2, 0.25) is 0 Å². The van der Waals surface area contributed by atoms with Gasteiger partial charge in [0.05, 0.1) is 0 Å². The van der Waals surface area contributed by atoms with Crippen LogP contribution in [0.25, 0.3) is 0 Å². The van der Waals surface area contributed by atoms with Crippen molar-refractivity contribution in [1.82, 2.24) is 0 Å². The molecule has 4 aliphatic rings. The summed E-state index contributed by atoms with van der Waals surface area (Å²) in [5.74, 6) is 22.2. The lowest BCUT2D eigenvalue weighted by molar-refractivity contribution is 1.10. The molecule has 11 heteroatoms. The van der Waals surface area contributed by atoms with Gasteiger partial charge < -0.3 is 0 Å². The Morgan fingerprint density at radius 3 is 1.36 bits per heavy atom. The molecule has 0 amide bonds. The lowest BCUT2D eigenvalue weighted by Crippen LogP contribution is -2.19. The van der Waals surface area contributed by atoms with Crippen LogP contribution in [0.3, 0.4) is 0 Å². The third-order valence-electron chi connectivity index (χ3n) is 5.21. The highest BCUT2D eigenvalue weighted by molar-refractivity contribution is 8.11. The lowest BCUT2D eigenvalue weighted by Gasteiger charge is -2.21. The Morgan fingerprint density at radius 2 is 0.848 bits per heavy atom. The van der Waals surface area contributed by atoms with Crippen LogP contribution in [0, 0.1) is 0 Å². The quantitative estimate of drug-likeness (QED) is 0.0760. The van der Waals surface area contributed by atoms with Gasteiger partial charge in [-0.3, -0.25) is 0 Å². The van der Waals surface area contributed by atoms with Gasteiger partial charge in [0.15, 0.2) is 0 Å². The standard InChI is InChI=1S/C22H38S11/c1(2-24-6-19-13-30-19)23-5-17(8-26-10-21-15-32-21)29-12-18(9-27-11-22-16-33-22)28-4-3-25-7-20-14-31-20/h17-22H,1-16H2. The van der Waals surface area contributed by atoms with Crippen molar-refractivity contribution in [3.8, 4) is 0 Å². The Hall–Kier alpha value is 3.85. The van der Waals surface area contributed by atoms with Gasteiger partial charge in [-0.1, -0.05) is 0 Å². The topological polar surface area (TPSA) is 0 Å². The molecule has 0 radical (unpaired) electrons. The molecule has 4 heterocycles. The minimum Gasteiger partial charge on any atom is -0.160 e. The Labute approximate surface area is 250 Å². The molecule has 0 aromatic heterocycles. The first-order chi connectivity index (χ1) is 16.3. The summed E-state index contributed by atoms with van der Waals surface area (Å²) in [5.41, 5.74) is 0. The van der Waals surface area contributed by atoms with Crippen LogP contribution in [0.4, 0.5) is 0 Å². The van der Waals surface area contributed by atoms with E-state index >= 15 is 0 Å². The van der Waals surface area contributed by atoms with Gasteiger partial charge in [-0.25, -0.2) is 0 Å². The van der Waals surface area contributed by atoms with Crippen molar-refractivity contribution in [2.24, 2.45) is 0 Å². The van der Waals surface area contributed by atoms with Crippen molar-refractivity contribution < 1.29 is 0 Å². The number of rotatable bonds is 24. The number of hydrogen-bond acceptors (Lipinski definition) is 11. The van der Waals surface area contributed by atoms with Gasteiger partial charge in [0.25, 0.3) is 0 Å². The number of hydrogen-bond donors (Lipinski definition) is 0. The summed E-state index contributed by atoms with van der Waals surface area (Å²) in [7, 11) is 0. The molecular formula is C22H38S11. The molecule has 6 unspecified atom stereocenters. The molecule has 0 saturated carbocycles. The molecule has 0 bridgehead atoms. The van der Waals surface area contributed by atoms with Crippen molar-refractivity contribution in [3.63, 3.8) is 0 Å². The molecule has 4 rings (SSSR count). The van der Waals surface area contributed by atoms with E-state index in [1.165, 1.54) is 92.0 Å². The highest BCUT2D eigenvalue weighted by atomic mass is 32.2. The molecule has 4 fully saturated rings. The fourth-order valence-electron chi connectivity index (χ4n) is 2.89. The van der Waals surface area contributed by atoms with Crippen LogP contribution in [0.1, 0.15) is 0 Å². The highest BCUT2D eigenvalue weighted by Gasteiger charge is 2.25. The van der Waals surface area contributed by atoms with Crippen molar-refractivity contribution >= 4 is 129 Å². The largest absolute Gasteiger partial charge is 0.160 e. The molecule has 0 nitrogen and oxygen atoms in total. The van der Waals surface area contributed by atoms with Crippen molar-refractivity contribution in [2.75, 3.05) is 92.0 Å². The predicted molar refractivity (Wildman–Crippen MR) is 184 cm³/mol. The van der Waals surface area contributed by atoms with Crippen LogP contribution >= 0.6 is 129 Å². The summed E-state index contributed by atoms with van der Waals surface area (Å²) in [6.07, 6.45) is 0. The molecule has 0 aromatic carbocycles. The van der Waals surface area contributed by atoms with E-state index in [4.69, 9.17) is 0 Å². The van der Waals surface area contributed by atoms with Gasteiger partial charge in [-0.2, -0.15) is 129 Å². The summed E-state index contributed by atoms with van der Waals surface area (Å²) in [6, 6.07) is 0. The summed E-state index contributed by atoms with van der Waals surface area (Å²) in [6.45, 7) is 0. The third kappa shape index (κ3) is 16.5. The maximum Gasteiger partial charge on any atom is 0.0229 e. The zero-order valence-corrected chi connectivity index (χ0v) is 28.3. The van der Waals surface area contributed by atoms with Crippen LogP contribution in [0.15, 0.2) is 0 Å². The van der Waals surface area contributed by atoms with E-state index in [1.54, 1.807) is 0 Å². The average Bonchev–Trinajstić information content (AvgIpc) is 3.63. The predicted octanol–water partition coefficient (Wildman–Crippen LogP) is 7.32. The molecule has 6 atom stereocenters. The van der Waals surface area contributed by atoms with E-state index < -0.39 is 0 Å². The summed E-state index contributed by atoms with van der Waals surface area (Å²) >= 11 is 24.3. The minimum absolute atomic E-state index is 0.848. The fraction of sp³-hybridized carbons (Fsp3) is 1.00. The average molecular weight is 655 g/mol. The molecule has 4 saturated heterocycles. The van der Waals surface area contributed by atoms with Crippen molar-refractivity contribution in [1.29, 1.82) is 0 Å². The van der Waals surface area contributed by atoms with E-state index in [9.17, 15) is 0 Å². The van der Waals surface area contributed by atoms with E-state index in [1.807, 2.05) is 0 Å². The van der Waals surface area contributed by atoms with Gasteiger partial charge in [0.1, 0.15) is 0 Å². The van der Waals surface area contributed by atoms with Crippen LogP contribution < -0.4 is 0 Å². The van der Waals surface area contributed by atoms with E-state index in [0.29, 0.717) is 0 Å². The monoisotopic (exact) mass is 654 g/mol.